The lowest BCUT2D eigenvalue weighted by molar-refractivity contribution is 0.528. The third-order valence-electron chi connectivity index (χ3n) is 3.13. The summed E-state index contributed by atoms with van der Waals surface area (Å²) < 4.78 is 27.5. The summed E-state index contributed by atoms with van der Waals surface area (Å²) in [5.41, 5.74) is 6.58. The first kappa shape index (κ1) is 15.0. The topological polar surface area (TPSA) is 72.2 Å². The van der Waals surface area contributed by atoms with Crippen LogP contribution in [0.25, 0.3) is 0 Å². The van der Waals surface area contributed by atoms with Gasteiger partial charge in [0.05, 0.1) is 15.6 Å². The lowest BCUT2D eigenvalue weighted by Crippen LogP contribution is -2.37. The maximum atomic E-state index is 12.4. The van der Waals surface area contributed by atoms with E-state index in [1.54, 1.807) is 13.0 Å². The number of nitrogens with two attached hydrogens (primary N) is 1. The number of benzene rings is 1. The van der Waals surface area contributed by atoms with Crippen LogP contribution in [0.15, 0.2) is 17.0 Å². The van der Waals surface area contributed by atoms with Gasteiger partial charge >= 0.3 is 0 Å². The average Bonchev–Trinajstić information content (AvgIpc) is 2.34. The summed E-state index contributed by atoms with van der Waals surface area (Å²) in [7, 11) is -3.53. The number of halogens is 1. The Morgan fingerprint density at radius 3 is 2.63 bits per heavy atom. The average molecular weight is 321 g/mol. The number of anilines is 1. The van der Waals surface area contributed by atoms with Crippen molar-refractivity contribution in [2.24, 2.45) is 0 Å². The standard InChI is InChI=1S/C12H17ClN2O2S2/c1-8-6-10(13)11(14)7-12(8)19(16,17)15-9-2-4-18-5-3-9/h6-7,9,15H,2-5,14H2,1H3. The molecule has 4 nitrogen and oxygen atoms in total. The van der Waals surface area contributed by atoms with Crippen molar-refractivity contribution in [3.05, 3.63) is 22.7 Å². The van der Waals surface area contributed by atoms with E-state index in [9.17, 15) is 8.42 Å². The summed E-state index contributed by atoms with van der Waals surface area (Å²) in [5, 5.41) is 0.380. The normalized spacial score (nSPS) is 17.6. The zero-order valence-corrected chi connectivity index (χ0v) is 13.0. The molecular formula is C12H17ClN2O2S2. The van der Waals surface area contributed by atoms with E-state index in [1.807, 2.05) is 11.8 Å². The number of hydrogen-bond donors (Lipinski definition) is 2. The van der Waals surface area contributed by atoms with Crippen molar-refractivity contribution < 1.29 is 8.42 Å². The van der Waals surface area contributed by atoms with Crippen molar-refractivity contribution >= 4 is 39.1 Å². The van der Waals surface area contributed by atoms with Crippen LogP contribution in [0.2, 0.25) is 5.02 Å². The second-order valence-electron chi connectivity index (χ2n) is 4.65. The first-order chi connectivity index (χ1) is 8.90. The Morgan fingerprint density at radius 1 is 1.37 bits per heavy atom. The van der Waals surface area contributed by atoms with Crippen molar-refractivity contribution in [3.8, 4) is 0 Å². The fraction of sp³-hybridized carbons (Fsp3) is 0.500. The molecule has 2 rings (SSSR count). The highest BCUT2D eigenvalue weighted by Crippen LogP contribution is 2.27. The van der Waals surface area contributed by atoms with E-state index >= 15 is 0 Å². The van der Waals surface area contributed by atoms with Gasteiger partial charge in [-0.2, -0.15) is 11.8 Å². The SMILES string of the molecule is Cc1cc(Cl)c(N)cc1S(=O)(=O)NC1CCSCC1. The largest absolute Gasteiger partial charge is 0.397 e. The molecule has 1 aromatic carbocycles. The summed E-state index contributed by atoms with van der Waals surface area (Å²) in [4.78, 5) is 0.215. The Morgan fingerprint density at radius 2 is 2.00 bits per heavy atom. The van der Waals surface area contributed by atoms with Crippen molar-refractivity contribution in [2.45, 2.75) is 30.7 Å². The number of thioether (sulfide) groups is 1. The van der Waals surface area contributed by atoms with Gasteiger partial charge in [-0.3, -0.25) is 0 Å². The van der Waals surface area contributed by atoms with Gasteiger partial charge in [0.15, 0.2) is 0 Å². The van der Waals surface area contributed by atoms with Crippen LogP contribution in [0, 0.1) is 6.92 Å². The number of nitrogen functional groups attached to an aromatic ring is 1. The molecule has 1 saturated heterocycles. The van der Waals surface area contributed by atoms with Crippen LogP contribution in [-0.4, -0.2) is 26.0 Å². The van der Waals surface area contributed by atoms with E-state index in [2.05, 4.69) is 4.72 Å². The molecule has 1 fully saturated rings. The van der Waals surface area contributed by atoms with Crippen molar-refractivity contribution in [1.29, 1.82) is 0 Å². The summed E-state index contributed by atoms with van der Waals surface area (Å²) in [6.45, 7) is 1.72. The maximum Gasteiger partial charge on any atom is 0.241 e. The molecular weight excluding hydrogens is 304 g/mol. The molecule has 3 N–H and O–H groups in total. The monoisotopic (exact) mass is 320 g/mol. The van der Waals surface area contributed by atoms with E-state index in [-0.39, 0.29) is 16.6 Å². The second kappa shape index (κ2) is 5.91. The molecule has 1 heterocycles. The lowest BCUT2D eigenvalue weighted by Gasteiger charge is -2.23. The van der Waals surface area contributed by atoms with Gasteiger partial charge in [-0.15, -0.1) is 0 Å². The Balaban J connectivity index is 2.26. The van der Waals surface area contributed by atoms with Crippen molar-refractivity contribution in [3.63, 3.8) is 0 Å². The van der Waals surface area contributed by atoms with Gasteiger partial charge in [-0.1, -0.05) is 11.6 Å². The molecule has 1 aliphatic rings. The quantitative estimate of drug-likeness (QED) is 0.839. The molecule has 0 amide bonds. The molecule has 0 unspecified atom stereocenters. The van der Waals surface area contributed by atoms with Gasteiger partial charge in [-0.25, -0.2) is 13.1 Å². The molecule has 0 radical (unpaired) electrons. The first-order valence-electron chi connectivity index (χ1n) is 6.06. The molecule has 0 atom stereocenters. The minimum Gasteiger partial charge on any atom is -0.397 e. The predicted octanol–water partition coefficient (Wildman–Crippen LogP) is 2.40. The smallest absolute Gasteiger partial charge is 0.241 e. The summed E-state index contributed by atoms with van der Waals surface area (Å²) in [6, 6.07) is 3.03. The molecule has 7 heteroatoms. The molecule has 19 heavy (non-hydrogen) atoms. The third-order valence-corrected chi connectivity index (χ3v) is 6.17. The van der Waals surface area contributed by atoms with E-state index in [1.165, 1.54) is 6.07 Å². The first-order valence-corrected chi connectivity index (χ1v) is 9.07. The number of nitrogens with one attached hydrogen (secondary N) is 1. The lowest BCUT2D eigenvalue weighted by atomic mass is 10.2. The number of rotatable bonds is 3. The van der Waals surface area contributed by atoms with Gasteiger partial charge in [0.25, 0.3) is 0 Å². The highest BCUT2D eigenvalue weighted by molar-refractivity contribution is 7.99. The fourth-order valence-corrected chi connectivity index (χ4v) is 4.95. The zero-order valence-electron chi connectivity index (χ0n) is 10.6. The van der Waals surface area contributed by atoms with Gasteiger partial charge in [0.1, 0.15) is 0 Å². The van der Waals surface area contributed by atoms with Gasteiger partial charge in [-0.05, 0) is 49.0 Å². The number of aryl methyl sites for hydroxylation is 1. The van der Waals surface area contributed by atoms with Crippen molar-refractivity contribution in [2.75, 3.05) is 17.2 Å². The highest BCUT2D eigenvalue weighted by atomic mass is 35.5. The molecule has 106 valence electrons. The molecule has 0 bridgehead atoms. The Bertz CT molecular complexity index is 569. The molecule has 0 aromatic heterocycles. The molecule has 0 aliphatic carbocycles. The zero-order chi connectivity index (χ0) is 14.0. The number of hydrogen-bond acceptors (Lipinski definition) is 4. The fourth-order valence-electron chi connectivity index (χ4n) is 2.06. The highest BCUT2D eigenvalue weighted by Gasteiger charge is 2.24. The van der Waals surface area contributed by atoms with Gasteiger partial charge in [0.2, 0.25) is 10.0 Å². The van der Waals surface area contributed by atoms with Crippen LogP contribution >= 0.6 is 23.4 Å². The van der Waals surface area contributed by atoms with Crippen LogP contribution in [-0.2, 0) is 10.0 Å². The minimum atomic E-state index is -3.53. The van der Waals surface area contributed by atoms with E-state index in [0.29, 0.717) is 10.6 Å². The predicted molar refractivity (Wildman–Crippen MR) is 81.3 cm³/mol. The van der Waals surface area contributed by atoms with Gasteiger partial charge in [0, 0.05) is 6.04 Å². The summed E-state index contributed by atoms with van der Waals surface area (Å²) in [5.74, 6) is 1.99. The van der Waals surface area contributed by atoms with Crippen LogP contribution < -0.4 is 10.5 Å². The van der Waals surface area contributed by atoms with Gasteiger partial charge < -0.3 is 5.73 Å². The van der Waals surface area contributed by atoms with Crippen LogP contribution in [0.4, 0.5) is 5.69 Å². The maximum absolute atomic E-state index is 12.4. The molecule has 0 spiro atoms. The van der Waals surface area contributed by atoms with E-state index in [4.69, 9.17) is 17.3 Å². The van der Waals surface area contributed by atoms with E-state index < -0.39 is 10.0 Å². The Labute approximate surface area is 123 Å². The minimum absolute atomic E-state index is 0.0163. The summed E-state index contributed by atoms with van der Waals surface area (Å²) in [6.07, 6.45) is 1.73. The van der Waals surface area contributed by atoms with Crippen LogP contribution in [0.1, 0.15) is 18.4 Å². The number of sulfonamides is 1. The van der Waals surface area contributed by atoms with Crippen molar-refractivity contribution in [1.82, 2.24) is 4.72 Å². The van der Waals surface area contributed by atoms with Crippen LogP contribution in [0.5, 0.6) is 0 Å². The van der Waals surface area contributed by atoms with E-state index in [0.717, 1.165) is 24.3 Å². The Hall–Kier alpha value is -0.430. The molecule has 1 aromatic rings. The molecule has 0 saturated carbocycles. The second-order valence-corrected chi connectivity index (χ2v) is 7.96. The van der Waals surface area contributed by atoms with Crippen LogP contribution in [0.3, 0.4) is 0 Å². The molecule has 1 aliphatic heterocycles. The summed E-state index contributed by atoms with van der Waals surface area (Å²) >= 11 is 7.74. The Kier molecular flexibility index (Phi) is 4.66. The third kappa shape index (κ3) is 3.56.